The van der Waals surface area contributed by atoms with Crippen molar-refractivity contribution in [2.75, 3.05) is 6.26 Å². The maximum Gasteiger partial charge on any atom is 0.309 e. The van der Waals surface area contributed by atoms with Crippen molar-refractivity contribution < 1.29 is 26.9 Å². The van der Waals surface area contributed by atoms with Gasteiger partial charge in [-0.25, -0.2) is 0 Å². The lowest BCUT2D eigenvalue weighted by molar-refractivity contribution is -0.159. The highest BCUT2D eigenvalue weighted by molar-refractivity contribution is 7.86. The van der Waals surface area contributed by atoms with Crippen LogP contribution in [0.2, 0.25) is 0 Å². The predicted octanol–water partition coefficient (Wildman–Crippen LogP) is 1.49. The Morgan fingerprint density at radius 2 is 2.00 bits per heavy atom. The van der Waals surface area contributed by atoms with Crippen LogP contribution in [0.25, 0.3) is 0 Å². The number of epoxide rings is 1. The zero-order chi connectivity index (χ0) is 16.8. The second-order valence-corrected chi connectivity index (χ2v) is 9.79. The Kier molecular flexibility index (Phi) is 3.09. The number of fused-ring (bicyclic) bond motifs is 5. The van der Waals surface area contributed by atoms with Gasteiger partial charge in [-0.05, 0) is 19.8 Å². The normalized spacial score (nSPS) is 54.7. The summed E-state index contributed by atoms with van der Waals surface area (Å²) in [7, 11) is -3.54. The average molecular weight is 344 g/mol. The van der Waals surface area contributed by atoms with Crippen LogP contribution in [0.3, 0.4) is 0 Å². The first-order valence-corrected chi connectivity index (χ1v) is 10.1. The average Bonchev–Trinajstić information content (AvgIpc) is 2.98. The Bertz CT molecular complexity index is 659. The van der Waals surface area contributed by atoms with Gasteiger partial charge in [-0.3, -0.25) is 8.98 Å². The molecule has 130 valence electrons. The molecule has 0 aromatic rings. The molecule has 4 fully saturated rings. The molecule has 2 saturated carbocycles. The molecule has 23 heavy (non-hydrogen) atoms. The molecule has 0 spiro atoms. The van der Waals surface area contributed by atoms with Gasteiger partial charge in [-0.15, -0.1) is 0 Å². The molecule has 7 heteroatoms. The van der Waals surface area contributed by atoms with E-state index in [0.717, 1.165) is 19.1 Å². The summed E-state index contributed by atoms with van der Waals surface area (Å²) < 4.78 is 40.5. The van der Waals surface area contributed by atoms with Crippen LogP contribution < -0.4 is 0 Å². The summed E-state index contributed by atoms with van der Waals surface area (Å²) in [6, 6.07) is 0. The zero-order valence-corrected chi connectivity index (χ0v) is 14.8. The van der Waals surface area contributed by atoms with Crippen molar-refractivity contribution in [2.24, 2.45) is 23.2 Å². The summed E-state index contributed by atoms with van der Waals surface area (Å²) in [5, 5.41) is 0. The van der Waals surface area contributed by atoms with E-state index in [1.807, 2.05) is 6.92 Å². The molecule has 4 rings (SSSR count). The van der Waals surface area contributed by atoms with Crippen LogP contribution in [-0.4, -0.2) is 44.6 Å². The minimum atomic E-state index is -3.54. The molecule has 8 atom stereocenters. The number of esters is 1. The van der Waals surface area contributed by atoms with Crippen LogP contribution in [0, 0.1) is 23.2 Å². The third kappa shape index (κ3) is 2.12. The first-order valence-electron chi connectivity index (χ1n) is 8.33. The van der Waals surface area contributed by atoms with Gasteiger partial charge >= 0.3 is 5.97 Å². The van der Waals surface area contributed by atoms with Crippen molar-refractivity contribution in [1.29, 1.82) is 0 Å². The van der Waals surface area contributed by atoms with Gasteiger partial charge in [-0.1, -0.05) is 13.8 Å². The molecule has 0 amide bonds. The van der Waals surface area contributed by atoms with Crippen LogP contribution in [0.4, 0.5) is 0 Å². The van der Waals surface area contributed by atoms with Gasteiger partial charge < -0.3 is 9.47 Å². The van der Waals surface area contributed by atoms with E-state index in [4.69, 9.17) is 13.7 Å². The van der Waals surface area contributed by atoms with Gasteiger partial charge in [0.05, 0.1) is 30.0 Å². The van der Waals surface area contributed by atoms with Crippen LogP contribution in [0.1, 0.15) is 40.0 Å². The Morgan fingerprint density at radius 1 is 1.30 bits per heavy atom. The zero-order valence-electron chi connectivity index (χ0n) is 13.9. The number of carbonyl (C=O) groups excluding carboxylic acids is 1. The van der Waals surface area contributed by atoms with Crippen molar-refractivity contribution in [3.8, 4) is 0 Å². The van der Waals surface area contributed by atoms with E-state index in [1.54, 1.807) is 0 Å². The Morgan fingerprint density at radius 3 is 2.65 bits per heavy atom. The van der Waals surface area contributed by atoms with Crippen molar-refractivity contribution in [3.05, 3.63) is 0 Å². The summed E-state index contributed by atoms with van der Waals surface area (Å²) >= 11 is 0. The lowest BCUT2D eigenvalue weighted by atomic mass is 9.52. The minimum absolute atomic E-state index is 0.0133. The van der Waals surface area contributed by atoms with Crippen molar-refractivity contribution in [1.82, 2.24) is 0 Å². The number of hydrogen-bond donors (Lipinski definition) is 0. The summed E-state index contributed by atoms with van der Waals surface area (Å²) in [6.45, 7) is 6.07. The number of ether oxygens (including phenoxy) is 2. The second kappa shape index (κ2) is 4.49. The fourth-order valence-electron chi connectivity index (χ4n) is 5.52. The predicted molar refractivity (Wildman–Crippen MR) is 81.0 cm³/mol. The molecule has 6 nitrogen and oxygen atoms in total. The highest BCUT2D eigenvalue weighted by Gasteiger charge is 2.74. The van der Waals surface area contributed by atoms with Gasteiger partial charge in [0.2, 0.25) is 0 Å². The summed E-state index contributed by atoms with van der Waals surface area (Å²) in [4.78, 5) is 12.1. The largest absolute Gasteiger partial charge is 0.461 e. The summed E-state index contributed by atoms with van der Waals surface area (Å²) in [5.41, 5.74) is -0.698. The molecular weight excluding hydrogens is 320 g/mol. The third-order valence-corrected chi connectivity index (χ3v) is 7.38. The molecule has 2 saturated heterocycles. The summed E-state index contributed by atoms with van der Waals surface area (Å²) in [5.74, 6) is -0.0647. The van der Waals surface area contributed by atoms with Crippen LogP contribution >= 0.6 is 0 Å². The van der Waals surface area contributed by atoms with Gasteiger partial charge in [-0.2, -0.15) is 8.42 Å². The third-order valence-electron chi connectivity index (χ3n) is 6.79. The Balaban J connectivity index is 1.73. The Hall–Kier alpha value is -0.660. The molecule has 0 N–H and O–H groups in total. The monoisotopic (exact) mass is 344 g/mol. The van der Waals surface area contributed by atoms with E-state index >= 15 is 0 Å². The molecule has 0 bridgehead atoms. The van der Waals surface area contributed by atoms with E-state index in [-0.39, 0.29) is 46.9 Å². The van der Waals surface area contributed by atoms with Crippen LogP contribution in [-0.2, 0) is 28.6 Å². The molecule has 2 heterocycles. The highest BCUT2D eigenvalue weighted by Crippen LogP contribution is 2.66. The molecular formula is C16H24O6S. The molecule has 0 aromatic carbocycles. The molecule has 4 aliphatic rings. The Labute approximate surface area is 137 Å². The fraction of sp³-hybridized carbons (Fsp3) is 0.938. The van der Waals surface area contributed by atoms with E-state index < -0.39 is 16.2 Å². The quantitative estimate of drug-likeness (QED) is 0.429. The summed E-state index contributed by atoms with van der Waals surface area (Å²) in [6.07, 6.45) is 2.73. The molecule has 2 aliphatic heterocycles. The van der Waals surface area contributed by atoms with Crippen LogP contribution in [0.15, 0.2) is 0 Å². The molecule has 0 unspecified atom stereocenters. The molecule has 0 aromatic heterocycles. The van der Waals surface area contributed by atoms with E-state index in [1.165, 1.54) is 0 Å². The van der Waals surface area contributed by atoms with E-state index in [2.05, 4.69) is 13.8 Å². The van der Waals surface area contributed by atoms with E-state index in [9.17, 15) is 13.2 Å². The molecule has 2 aliphatic carbocycles. The minimum Gasteiger partial charge on any atom is -0.461 e. The van der Waals surface area contributed by atoms with Crippen molar-refractivity contribution >= 4 is 16.1 Å². The van der Waals surface area contributed by atoms with Gasteiger partial charge in [0.25, 0.3) is 10.1 Å². The van der Waals surface area contributed by atoms with Gasteiger partial charge in [0.1, 0.15) is 6.10 Å². The maximum absolute atomic E-state index is 12.1. The topological polar surface area (TPSA) is 82.2 Å². The van der Waals surface area contributed by atoms with Gasteiger partial charge in [0, 0.05) is 23.7 Å². The van der Waals surface area contributed by atoms with E-state index in [0.29, 0.717) is 6.42 Å². The van der Waals surface area contributed by atoms with Crippen LogP contribution in [0.5, 0.6) is 0 Å². The lowest BCUT2D eigenvalue weighted by Gasteiger charge is -2.53. The first kappa shape index (κ1) is 15.8. The maximum atomic E-state index is 12.1. The second-order valence-electron chi connectivity index (χ2n) is 8.19. The van der Waals surface area contributed by atoms with Crippen molar-refractivity contribution in [2.45, 2.75) is 63.9 Å². The fourth-order valence-corrected chi connectivity index (χ4v) is 6.24. The SMILES string of the molecule is C[C@@H]1C(=O)O[C@H]2[C@H]1CC[C@@]1(C)[C@@H](OS(C)(=O)=O)C[C@H]3O[C@@]3(C)[C@H]21. The number of carbonyl (C=O) groups is 1. The van der Waals surface area contributed by atoms with Crippen molar-refractivity contribution in [3.63, 3.8) is 0 Å². The highest BCUT2D eigenvalue weighted by atomic mass is 32.2. The number of rotatable bonds is 2. The van der Waals surface area contributed by atoms with Gasteiger partial charge in [0.15, 0.2) is 0 Å². The molecule has 0 radical (unpaired) electrons. The smallest absolute Gasteiger partial charge is 0.309 e. The standard InChI is InChI=1S/C16H24O6S/c1-8-9-5-6-15(2)10(22-23(4,18)19)7-11-16(3,21-11)13(15)12(9)20-14(8)17/h8-13H,5-7H2,1-4H3/t8-,9-,10-,11+,12-,13+,15-,16+/m0/s1. The number of hydrogen-bond acceptors (Lipinski definition) is 6. The lowest BCUT2D eigenvalue weighted by Crippen LogP contribution is -2.60. The first-order chi connectivity index (χ1) is 10.6.